The Morgan fingerprint density at radius 3 is 2.80 bits per heavy atom. The zero-order valence-corrected chi connectivity index (χ0v) is 11.8. The van der Waals surface area contributed by atoms with Crippen LogP contribution in [-0.2, 0) is 11.2 Å². The van der Waals surface area contributed by atoms with Crippen LogP contribution < -0.4 is 5.32 Å². The third-order valence-electron chi connectivity index (χ3n) is 3.55. The smallest absolute Gasteiger partial charge is 0.321 e. The van der Waals surface area contributed by atoms with Gasteiger partial charge >= 0.3 is 5.97 Å². The number of aliphatic carboxylic acids is 1. The lowest BCUT2D eigenvalue weighted by molar-refractivity contribution is -0.139. The maximum Gasteiger partial charge on any atom is 0.321 e. The third kappa shape index (κ3) is 2.32. The number of carbonyl (C=O) groups is 1. The van der Waals surface area contributed by atoms with E-state index in [1.165, 1.54) is 4.90 Å². The van der Waals surface area contributed by atoms with Gasteiger partial charge in [0.05, 0.1) is 18.1 Å². The molecule has 1 aliphatic heterocycles. The Balaban J connectivity index is 1.97. The van der Waals surface area contributed by atoms with Crippen LogP contribution in [0.25, 0.3) is 0 Å². The van der Waals surface area contributed by atoms with Crippen LogP contribution in [0.5, 0.6) is 0 Å². The molecule has 0 saturated carbocycles. The highest BCUT2D eigenvalue weighted by atomic mass is 32.2. The van der Waals surface area contributed by atoms with Crippen molar-refractivity contribution < 1.29 is 9.90 Å². The largest absolute Gasteiger partial charge is 0.480 e. The zero-order chi connectivity index (χ0) is 14.1. The summed E-state index contributed by atoms with van der Waals surface area (Å²) in [5, 5.41) is 12.4. The highest BCUT2D eigenvalue weighted by Gasteiger charge is 2.32. The molecule has 3 rings (SSSR count). The van der Waals surface area contributed by atoms with Gasteiger partial charge in [0.2, 0.25) is 0 Å². The van der Waals surface area contributed by atoms with Crippen molar-refractivity contribution in [2.24, 2.45) is 0 Å². The summed E-state index contributed by atoms with van der Waals surface area (Å²) in [4.78, 5) is 19.8. The Labute approximate surface area is 120 Å². The quantitative estimate of drug-likeness (QED) is 0.751. The first kappa shape index (κ1) is 13.2. The molecule has 6 heteroatoms. The first-order chi connectivity index (χ1) is 9.69. The van der Waals surface area contributed by atoms with Crippen molar-refractivity contribution in [3.05, 3.63) is 47.5 Å². The van der Waals surface area contributed by atoms with E-state index in [1.54, 1.807) is 18.1 Å². The van der Waals surface area contributed by atoms with E-state index in [0.717, 1.165) is 17.0 Å². The molecule has 2 heterocycles. The molecule has 2 aromatic rings. The highest BCUT2D eigenvalue weighted by molar-refractivity contribution is 7.98. The topological polar surface area (TPSA) is 78.0 Å². The van der Waals surface area contributed by atoms with E-state index in [-0.39, 0.29) is 6.04 Å². The van der Waals surface area contributed by atoms with Crippen LogP contribution in [0.2, 0.25) is 0 Å². The minimum atomic E-state index is -0.837. The van der Waals surface area contributed by atoms with Gasteiger partial charge in [0.15, 0.2) is 0 Å². The second-order valence-corrected chi connectivity index (χ2v) is 5.61. The molecule has 2 atom stereocenters. The molecule has 1 aliphatic rings. The molecule has 1 aromatic carbocycles. The van der Waals surface area contributed by atoms with Crippen molar-refractivity contribution in [1.29, 1.82) is 0 Å². The Morgan fingerprint density at radius 2 is 2.15 bits per heavy atom. The summed E-state index contributed by atoms with van der Waals surface area (Å²) < 4.78 is 0. The van der Waals surface area contributed by atoms with Crippen molar-refractivity contribution in [3.8, 4) is 0 Å². The normalized spacial score (nSPS) is 21.4. The lowest BCUT2D eigenvalue weighted by atomic mass is 9.94. The van der Waals surface area contributed by atoms with Crippen LogP contribution in [0.15, 0.2) is 35.5 Å². The van der Waals surface area contributed by atoms with Crippen LogP contribution in [-0.4, -0.2) is 33.3 Å². The lowest BCUT2D eigenvalue weighted by Crippen LogP contribution is -2.45. The Morgan fingerprint density at radius 1 is 1.40 bits per heavy atom. The van der Waals surface area contributed by atoms with E-state index < -0.39 is 12.0 Å². The molecule has 0 saturated heterocycles. The number of hydrogen-bond donors (Lipinski definition) is 3. The fourth-order valence-electron chi connectivity index (χ4n) is 2.50. The van der Waals surface area contributed by atoms with Gasteiger partial charge in [-0.3, -0.25) is 10.1 Å². The average Bonchev–Trinajstić information content (AvgIpc) is 2.94. The number of aromatic amines is 1. The van der Waals surface area contributed by atoms with Crippen molar-refractivity contribution in [3.63, 3.8) is 0 Å². The molecule has 0 aliphatic carbocycles. The van der Waals surface area contributed by atoms with Gasteiger partial charge < -0.3 is 10.1 Å². The van der Waals surface area contributed by atoms with Gasteiger partial charge in [-0.2, -0.15) is 0 Å². The van der Waals surface area contributed by atoms with Gasteiger partial charge in [-0.25, -0.2) is 4.98 Å². The number of carboxylic acid groups (broad SMARTS) is 1. The standard InChI is InChI=1S/C14H15N3O2S/c1-20-9-4-2-8(3-5-9)12-13-10(15-7-16-13)6-11(17-12)14(18)19/h2-5,7,11-12,17H,6H2,1H3,(H,15,16)(H,18,19)/t11-,12+/m1/s1. The molecular weight excluding hydrogens is 274 g/mol. The van der Waals surface area contributed by atoms with Crippen molar-refractivity contribution in [2.45, 2.75) is 23.4 Å². The fourth-order valence-corrected chi connectivity index (χ4v) is 2.90. The number of H-pyrrole nitrogens is 1. The van der Waals surface area contributed by atoms with E-state index in [2.05, 4.69) is 15.3 Å². The summed E-state index contributed by atoms with van der Waals surface area (Å²) in [5.74, 6) is -0.837. The number of benzene rings is 1. The summed E-state index contributed by atoms with van der Waals surface area (Å²) in [5.41, 5.74) is 2.82. The van der Waals surface area contributed by atoms with E-state index in [4.69, 9.17) is 0 Å². The van der Waals surface area contributed by atoms with Crippen molar-refractivity contribution in [2.75, 3.05) is 6.26 Å². The monoisotopic (exact) mass is 289 g/mol. The van der Waals surface area contributed by atoms with E-state index >= 15 is 0 Å². The SMILES string of the molecule is CSc1ccc([C@@H]2N[C@@H](C(=O)O)Cc3[nH]cnc32)cc1. The molecule has 0 spiro atoms. The number of rotatable bonds is 3. The highest BCUT2D eigenvalue weighted by Crippen LogP contribution is 2.29. The van der Waals surface area contributed by atoms with Crippen LogP contribution in [0.3, 0.4) is 0 Å². The summed E-state index contributed by atoms with van der Waals surface area (Å²) >= 11 is 1.68. The van der Waals surface area contributed by atoms with Crippen LogP contribution in [0, 0.1) is 0 Å². The predicted octanol–water partition coefficient (Wildman–Crippen LogP) is 1.82. The summed E-state index contributed by atoms with van der Waals surface area (Å²) in [6, 6.07) is 7.35. The molecule has 20 heavy (non-hydrogen) atoms. The molecule has 1 aromatic heterocycles. The summed E-state index contributed by atoms with van der Waals surface area (Å²) in [7, 11) is 0. The second kappa shape index (κ2) is 5.30. The van der Waals surface area contributed by atoms with Gasteiger partial charge in [0, 0.05) is 17.0 Å². The lowest BCUT2D eigenvalue weighted by Gasteiger charge is -2.28. The van der Waals surface area contributed by atoms with Gasteiger partial charge in [-0.15, -0.1) is 11.8 Å². The van der Waals surface area contributed by atoms with Crippen LogP contribution >= 0.6 is 11.8 Å². The summed E-state index contributed by atoms with van der Waals surface area (Å²) in [6.45, 7) is 0. The number of nitrogens with one attached hydrogen (secondary N) is 2. The first-order valence-corrected chi connectivity index (χ1v) is 7.56. The minimum absolute atomic E-state index is 0.179. The molecular formula is C14H15N3O2S. The summed E-state index contributed by atoms with van der Waals surface area (Å²) in [6.07, 6.45) is 4.09. The number of imidazole rings is 1. The Bertz CT molecular complexity index is 624. The average molecular weight is 289 g/mol. The predicted molar refractivity (Wildman–Crippen MR) is 76.9 cm³/mol. The molecule has 5 nitrogen and oxygen atoms in total. The van der Waals surface area contributed by atoms with Crippen molar-refractivity contribution in [1.82, 2.24) is 15.3 Å². The molecule has 0 bridgehead atoms. The number of carboxylic acids is 1. The number of hydrogen-bond acceptors (Lipinski definition) is 4. The zero-order valence-electron chi connectivity index (χ0n) is 11.0. The second-order valence-electron chi connectivity index (χ2n) is 4.73. The third-order valence-corrected chi connectivity index (χ3v) is 4.29. The molecule has 0 radical (unpaired) electrons. The fraction of sp³-hybridized carbons (Fsp3) is 0.286. The Kier molecular flexibility index (Phi) is 3.50. The number of fused-ring (bicyclic) bond motifs is 1. The molecule has 0 unspecified atom stereocenters. The van der Waals surface area contributed by atoms with E-state index in [9.17, 15) is 9.90 Å². The van der Waals surface area contributed by atoms with Crippen molar-refractivity contribution >= 4 is 17.7 Å². The van der Waals surface area contributed by atoms with Gasteiger partial charge in [0.1, 0.15) is 6.04 Å². The van der Waals surface area contributed by atoms with E-state index in [1.807, 2.05) is 30.5 Å². The van der Waals surface area contributed by atoms with Crippen LogP contribution in [0.1, 0.15) is 23.0 Å². The maximum absolute atomic E-state index is 11.3. The van der Waals surface area contributed by atoms with Gasteiger partial charge in [-0.1, -0.05) is 12.1 Å². The molecule has 0 fully saturated rings. The number of aromatic nitrogens is 2. The van der Waals surface area contributed by atoms with Gasteiger partial charge in [-0.05, 0) is 24.0 Å². The molecule has 3 N–H and O–H groups in total. The number of thioether (sulfide) groups is 1. The maximum atomic E-state index is 11.3. The first-order valence-electron chi connectivity index (χ1n) is 6.34. The number of nitrogens with zero attached hydrogens (tertiary/aromatic N) is 1. The Hall–Kier alpha value is -1.79. The van der Waals surface area contributed by atoms with Crippen LogP contribution in [0.4, 0.5) is 0 Å². The molecule has 0 amide bonds. The van der Waals surface area contributed by atoms with E-state index in [0.29, 0.717) is 6.42 Å². The van der Waals surface area contributed by atoms with Gasteiger partial charge in [0.25, 0.3) is 0 Å². The molecule has 104 valence electrons. The minimum Gasteiger partial charge on any atom is -0.480 e.